The van der Waals surface area contributed by atoms with E-state index in [2.05, 4.69) is 10.3 Å². The van der Waals surface area contributed by atoms with Crippen molar-refractivity contribution in [1.82, 2.24) is 10.3 Å². The maximum Gasteiger partial charge on any atom is 0.405 e. The monoisotopic (exact) mass is 320 g/mol. The quantitative estimate of drug-likeness (QED) is 0.781. The first-order chi connectivity index (χ1) is 9.19. The van der Waals surface area contributed by atoms with Gasteiger partial charge in [0, 0.05) is 5.54 Å². The molecule has 0 bridgehead atoms. The van der Waals surface area contributed by atoms with Gasteiger partial charge < -0.3 is 15.2 Å². The van der Waals surface area contributed by atoms with Crippen LogP contribution in [-0.2, 0) is 0 Å². The summed E-state index contributed by atoms with van der Waals surface area (Å²) in [7, 11) is 0. The molecule has 1 aromatic heterocycles. The van der Waals surface area contributed by atoms with Crippen molar-refractivity contribution in [1.29, 1.82) is 0 Å². The minimum atomic E-state index is -1.03. The van der Waals surface area contributed by atoms with Gasteiger partial charge in [0.05, 0.1) is 17.8 Å². The molecule has 1 aromatic rings. The van der Waals surface area contributed by atoms with Crippen molar-refractivity contribution >= 4 is 29.3 Å². The number of hydrogen-bond acceptors (Lipinski definition) is 3. The molecule has 5 nitrogen and oxygen atoms in total. The van der Waals surface area contributed by atoms with E-state index in [1.807, 2.05) is 20.8 Å². The van der Waals surface area contributed by atoms with Gasteiger partial charge in [0.2, 0.25) is 0 Å². The molecule has 1 amide bonds. The van der Waals surface area contributed by atoms with E-state index >= 15 is 0 Å². The normalized spacial score (nSPS) is 12.8. The van der Waals surface area contributed by atoms with Crippen LogP contribution < -0.4 is 10.1 Å². The van der Waals surface area contributed by atoms with Crippen LogP contribution in [0.1, 0.15) is 27.2 Å². The van der Waals surface area contributed by atoms with Crippen molar-refractivity contribution in [3.63, 3.8) is 0 Å². The lowest BCUT2D eigenvalue weighted by Gasteiger charge is -2.28. The van der Waals surface area contributed by atoms with Gasteiger partial charge in [-0.2, -0.15) is 0 Å². The second kappa shape index (κ2) is 6.99. The van der Waals surface area contributed by atoms with Gasteiger partial charge in [0.1, 0.15) is 5.15 Å². The molecule has 0 aliphatic rings. The van der Waals surface area contributed by atoms with Gasteiger partial charge >= 0.3 is 6.09 Å². The third-order valence-corrected chi connectivity index (χ3v) is 3.12. The van der Waals surface area contributed by atoms with E-state index in [9.17, 15) is 4.79 Å². The highest BCUT2D eigenvalue weighted by Crippen LogP contribution is 2.26. The summed E-state index contributed by atoms with van der Waals surface area (Å²) in [5.41, 5.74) is -0.517. The second-order valence-corrected chi connectivity index (χ2v) is 6.17. The van der Waals surface area contributed by atoms with E-state index in [1.165, 1.54) is 12.3 Å². The zero-order chi connectivity index (χ0) is 15.3. The summed E-state index contributed by atoms with van der Waals surface area (Å²) in [6.45, 7) is 6.04. The number of carbonyl (C=O) groups is 1. The third-order valence-electron chi connectivity index (χ3n) is 2.61. The van der Waals surface area contributed by atoms with Gasteiger partial charge in [-0.15, -0.1) is 0 Å². The van der Waals surface area contributed by atoms with Crippen molar-refractivity contribution in [2.45, 2.75) is 32.7 Å². The molecule has 0 saturated carbocycles. The van der Waals surface area contributed by atoms with Crippen molar-refractivity contribution in [3.05, 3.63) is 22.4 Å². The molecule has 0 aromatic carbocycles. The molecule has 1 atom stereocenters. The van der Waals surface area contributed by atoms with Gasteiger partial charge in [-0.05, 0) is 32.3 Å². The van der Waals surface area contributed by atoms with E-state index in [0.717, 1.165) is 0 Å². The van der Waals surface area contributed by atoms with Crippen LogP contribution in [0.15, 0.2) is 12.3 Å². The Morgan fingerprint density at radius 2 is 2.20 bits per heavy atom. The van der Waals surface area contributed by atoms with E-state index < -0.39 is 11.6 Å². The van der Waals surface area contributed by atoms with Crippen LogP contribution in [0.25, 0.3) is 0 Å². The second-order valence-electron chi connectivity index (χ2n) is 5.37. The molecule has 112 valence electrons. The van der Waals surface area contributed by atoms with E-state index in [0.29, 0.717) is 29.0 Å². The van der Waals surface area contributed by atoms with Crippen LogP contribution in [0.4, 0.5) is 4.79 Å². The number of nitrogens with one attached hydrogen (secondary N) is 1. The number of nitrogens with zero attached hydrogens (tertiary/aromatic N) is 1. The van der Waals surface area contributed by atoms with Gasteiger partial charge in [-0.3, -0.25) is 0 Å². The van der Waals surface area contributed by atoms with Crippen molar-refractivity contribution in [3.8, 4) is 5.75 Å². The fourth-order valence-electron chi connectivity index (χ4n) is 2.00. The maximum atomic E-state index is 10.7. The topological polar surface area (TPSA) is 71.5 Å². The van der Waals surface area contributed by atoms with Crippen LogP contribution in [0.3, 0.4) is 0 Å². The molecular formula is C13H18Cl2N2O3. The van der Waals surface area contributed by atoms with Crippen molar-refractivity contribution < 1.29 is 14.6 Å². The van der Waals surface area contributed by atoms with Gasteiger partial charge in [-0.1, -0.05) is 30.1 Å². The molecule has 0 aliphatic heterocycles. The van der Waals surface area contributed by atoms with Crippen LogP contribution in [0, 0.1) is 5.92 Å². The lowest BCUT2D eigenvalue weighted by molar-refractivity contribution is 0.169. The van der Waals surface area contributed by atoms with Gasteiger partial charge in [0.15, 0.2) is 5.75 Å². The van der Waals surface area contributed by atoms with Crippen molar-refractivity contribution in [2.24, 2.45) is 5.92 Å². The number of hydrogen-bond donors (Lipinski definition) is 2. The minimum Gasteiger partial charge on any atom is -0.490 e. The number of pyridine rings is 1. The highest BCUT2D eigenvalue weighted by molar-refractivity contribution is 6.34. The zero-order valence-electron chi connectivity index (χ0n) is 11.6. The fraction of sp³-hybridized carbons (Fsp3) is 0.538. The molecule has 20 heavy (non-hydrogen) atoms. The summed E-state index contributed by atoms with van der Waals surface area (Å²) in [6.07, 6.45) is 1.07. The maximum absolute atomic E-state index is 10.7. The Labute approximate surface area is 128 Å². The first kappa shape index (κ1) is 16.9. The largest absolute Gasteiger partial charge is 0.490 e. The smallest absolute Gasteiger partial charge is 0.405 e. The molecule has 0 spiro atoms. The Morgan fingerprint density at radius 1 is 1.55 bits per heavy atom. The Kier molecular flexibility index (Phi) is 5.89. The summed E-state index contributed by atoms with van der Waals surface area (Å²) in [6, 6.07) is 1.51. The molecule has 0 saturated heterocycles. The summed E-state index contributed by atoms with van der Waals surface area (Å²) in [5.74, 6) is 0.607. The van der Waals surface area contributed by atoms with E-state index in [-0.39, 0.29) is 5.92 Å². The number of aromatic nitrogens is 1. The van der Waals surface area contributed by atoms with E-state index in [1.54, 1.807) is 0 Å². The number of ether oxygens (including phenoxy) is 1. The number of rotatable bonds is 6. The number of carboxylic acid groups (broad SMARTS) is 1. The van der Waals surface area contributed by atoms with Crippen LogP contribution in [0.5, 0.6) is 5.75 Å². The lowest BCUT2D eigenvalue weighted by atomic mass is 9.92. The summed E-state index contributed by atoms with van der Waals surface area (Å²) in [5, 5.41) is 11.9. The summed E-state index contributed by atoms with van der Waals surface area (Å²) < 4.78 is 5.58. The molecule has 1 rings (SSSR count). The predicted molar refractivity (Wildman–Crippen MR) is 78.8 cm³/mol. The SMILES string of the molecule is C[C@H](COc1cnc(Cl)cc1Cl)CC(C)(C)NC(=O)O. The van der Waals surface area contributed by atoms with Crippen LogP contribution in [-0.4, -0.2) is 28.3 Å². The van der Waals surface area contributed by atoms with Crippen molar-refractivity contribution in [2.75, 3.05) is 6.61 Å². The Hall–Kier alpha value is -1.20. The molecule has 0 radical (unpaired) electrons. The standard InChI is InChI=1S/C13H18Cl2N2O3/c1-8(5-13(2,3)17-12(18)19)7-20-10-6-16-11(15)4-9(10)14/h4,6,8,17H,5,7H2,1-3H3,(H,18,19)/t8-/m0/s1. The molecule has 7 heteroatoms. The molecule has 0 fully saturated rings. The molecular weight excluding hydrogens is 303 g/mol. The van der Waals surface area contributed by atoms with Gasteiger partial charge in [-0.25, -0.2) is 9.78 Å². The fourth-order valence-corrected chi connectivity index (χ4v) is 2.42. The molecule has 1 heterocycles. The third kappa shape index (κ3) is 5.84. The molecule has 0 unspecified atom stereocenters. The average molecular weight is 321 g/mol. The molecule has 2 N–H and O–H groups in total. The van der Waals surface area contributed by atoms with Crippen LogP contribution >= 0.6 is 23.2 Å². The first-order valence-corrected chi connectivity index (χ1v) is 6.90. The zero-order valence-corrected chi connectivity index (χ0v) is 13.1. The van der Waals surface area contributed by atoms with E-state index in [4.69, 9.17) is 33.0 Å². The molecule has 0 aliphatic carbocycles. The Balaban J connectivity index is 2.50. The number of amides is 1. The first-order valence-electron chi connectivity index (χ1n) is 6.14. The number of halogens is 2. The predicted octanol–water partition coefficient (Wildman–Crippen LogP) is 3.84. The summed E-state index contributed by atoms with van der Waals surface area (Å²) >= 11 is 11.7. The minimum absolute atomic E-state index is 0.142. The highest BCUT2D eigenvalue weighted by atomic mass is 35.5. The summed E-state index contributed by atoms with van der Waals surface area (Å²) in [4.78, 5) is 14.6. The average Bonchev–Trinajstić information content (AvgIpc) is 2.24. The van der Waals surface area contributed by atoms with Crippen LogP contribution in [0.2, 0.25) is 10.2 Å². The lowest BCUT2D eigenvalue weighted by Crippen LogP contribution is -2.44. The Morgan fingerprint density at radius 3 is 2.75 bits per heavy atom. The Bertz CT molecular complexity index is 481. The highest BCUT2D eigenvalue weighted by Gasteiger charge is 2.23. The van der Waals surface area contributed by atoms with Gasteiger partial charge in [0.25, 0.3) is 0 Å².